The number of nitrogens with zero attached hydrogens (tertiary/aromatic N) is 6. The molecule has 18 heavy (non-hydrogen) atoms. The number of aromatic nitrogens is 2. The van der Waals surface area contributed by atoms with E-state index in [1.807, 2.05) is 13.8 Å². The largest absolute Gasteiger partial charge is 0.371 e. The summed E-state index contributed by atoms with van der Waals surface area (Å²) in [6, 6.07) is 1.59. The van der Waals surface area contributed by atoms with Gasteiger partial charge in [0, 0.05) is 37.2 Å². The first kappa shape index (κ1) is 14.1. The summed E-state index contributed by atoms with van der Waals surface area (Å²) in [4.78, 5) is 16.5. The third-order valence-corrected chi connectivity index (χ3v) is 2.68. The van der Waals surface area contributed by atoms with Crippen LogP contribution < -0.4 is 10.5 Å². The van der Waals surface area contributed by atoms with Gasteiger partial charge in [-0.2, -0.15) is 5.10 Å². The molecule has 0 saturated heterocycles. The second-order valence-electron chi connectivity index (χ2n) is 3.76. The standard InChI is InChI=1S/C11H18N6O/c1-3-16(4-2)10-8-11(18)17(14-9-10)7-5-6-13-15-12/h8-9H,3-7H2,1-2H3. The predicted octanol–water partition coefficient (Wildman–Crippen LogP) is 1.79. The van der Waals surface area contributed by atoms with E-state index < -0.39 is 0 Å². The van der Waals surface area contributed by atoms with Gasteiger partial charge in [-0.1, -0.05) is 5.11 Å². The summed E-state index contributed by atoms with van der Waals surface area (Å²) in [7, 11) is 0. The molecule has 98 valence electrons. The fourth-order valence-corrected chi connectivity index (χ4v) is 1.69. The van der Waals surface area contributed by atoms with E-state index in [1.54, 1.807) is 12.3 Å². The van der Waals surface area contributed by atoms with Gasteiger partial charge < -0.3 is 4.90 Å². The van der Waals surface area contributed by atoms with Crippen molar-refractivity contribution >= 4 is 5.69 Å². The van der Waals surface area contributed by atoms with Crippen molar-refractivity contribution < 1.29 is 0 Å². The van der Waals surface area contributed by atoms with Crippen LogP contribution in [0.4, 0.5) is 5.69 Å². The smallest absolute Gasteiger partial charge is 0.268 e. The normalized spacial score (nSPS) is 9.89. The number of rotatable bonds is 7. The zero-order valence-electron chi connectivity index (χ0n) is 10.8. The highest BCUT2D eigenvalue weighted by Gasteiger charge is 2.04. The van der Waals surface area contributed by atoms with E-state index in [1.165, 1.54) is 4.68 Å². The molecule has 0 radical (unpaired) electrons. The van der Waals surface area contributed by atoms with Gasteiger partial charge in [-0.05, 0) is 25.8 Å². The van der Waals surface area contributed by atoms with Crippen molar-refractivity contribution in [3.63, 3.8) is 0 Å². The summed E-state index contributed by atoms with van der Waals surface area (Å²) in [5.74, 6) is 0. The van der Waals surface area contributed by atoms with Crippen LogP contribution in [0.5, 0.6) is 0 Å². The van der Waals surface area contributed by atoms with Crippen molar-refractivity contribution in [2.24, 2.45) is 5.11 Å². The fourth-order valence-electron chi connectivity index (χ4n) is 1.69. The van der Waals surface area contributed by atoms with E-state index in [0.717, 1.165) is 18.8 Å². The molecule has 0 bridgehead atoms. The Morgan fingerprint density at radius 1 is 1.50 bits per heavy atom. The van der Waals surface area contributed by atoms with Gasteiger partial charge >= 0.3 is 0 Å². The first-order chi connectivity index (χ1) is 8.72. The predicted molar refractivity (Wildman–Crippen MR) is 70.7 cm³/mol. The zero-order valence-corrected chi connectivity index (χ0v) is 10.8. The Balaban J connectivity index is 2.73. The van der Waals surface area contributed by atoms with Gasteiger partial charge in [-0.25, -0.2) is 4.68 Å². The number of anilines is 1. The fraction of sp³-hybridized carbons (Fsp3) is 0.636. The molecule has 0 aliphatic carbocycles. The third-order valence-electron chi connectivity index (χ3n) is 2.68. The molecule has 0 spiro atoms. The quantitative estimate of drug-likeness (QED) is 0.320. The molecule has 7 heteroatoms. The van der Waals surface area contributed by atoms with Crippen LogP contribution in [0.15, 0.2) is 22.2 Å². The zero-order chi connectivity index (χ0) is 13.4. The van der Waals surface area contributed by atoms with Crippen LogP contribution in [0.1, 0.15) is 20.3 Å². The van der Waals surface area contributed by atoms with E-state index in [2.05, 4.69) is 20.0 Å². The van der Waals surface area contributed by atoms with Gasteiger partial charge in [-0.3, -0.25) is 4.79 Å². The summed E-state index contributed by atoms with van der Waals surface area (Å²) in [5.41, 5.74) is 8.86. The van der Waals surface area contributed by atoms with Crippen LogP contribution in [-0.2, 0) is 6.54 Å². The molecule has 7 nitrogen and oxygen atoms in total. The number of hydrogen-bond donors (Lipinski definition) is 0. The van der Waals surface area contributed by atoms with Crippen LogP contribution in [0.2, 0.25) is 0 Å². The van der Waals surface area contributed by atoms with Gasteiger partial charge in [0.25, 0.3) is 5.56 Å². The average molecular weight is 250 g/mol. The highest BCUT2D eigenvalue weighted by Crippen LogP contribution is 2.08. The van der Waals surface area contributed by atoms with Crippen molar-refractivity contribution in [1.29, 1.82) is 0 Å². The molecular formula is C11H18N6O. The lowest BCUT2D eigenvalue weighted by molar-refractivity contribution is 0.552. The van der Waals surface area contributed by atoms with Crippen LogP contribution >= 0.6 is 0 Å². The summed E-state index contributed by atoms with van der Waals surface area (Å²) < 4.78 is 1.39. The molecule has 0 saturated carbocycles. The molecule has 0 aliphatic heterocycles. The SMILES string of the molecule is CCN(CC)c1cnn(CCCN=[N+]=[N-])c(=O)c1. The molecule has 1 heterocycles. The van der Waals surface area contributed by atoms with Crippen LogP contribution in [-0.4, -0.2) is 29.4 Å². The Hall–Kier alpha value is -2.01. The topological polar surface area (TPSA) is 86.9 Å². The number of hydrogen-bond acceptors (Lipinski definition) is 4. The van der Waals surface area contributed by atoms with Gasteiger partial charge in [-0.15, -0.1) is 0 Å². The van der Waals surface area contributed by atoms with Gasteiger partial charge in [0.2, 0.25) is 0 Å². The third kappa shape index (κ3) is 3.78. The second-order valence-corrected chi connectivity index (χ2v) is 3.76. The molecule has 1 aromatic heterocycles. The minimum absolute atomic E-state index is 0.125. The Kier molecular flexibility index (Phi) is 5.73. The van der Waals surface area contributed by atoms with Gasteiger partial charge in [0.15, 0.2) is 0 Å². The molecular weight excluding hydrogens is 232 g/mol. The molecule has 0 aliphatic rings. The van der Waals surface area contributed by atoms with Crippen molar-refractivity contribution in [2.75, 3.05) is 24.5 Å². The highest BCUT2D eigenvalue weighted by atomic mass is 16.1. The molecule has 0 unspecified atom stereocenters. The maximum atomic E-state index is 11.8. The summed E-state index contributed by atoms with van der Waals surface area (Å²) in [6.45, 7) is 6.61. The second kappa shape index (κ2) is 7.34. The molecule has 0 fully saturated rings. The van der Waals surface area contributed by atoms with E-state index in [9.17, 15) is 4.79 Å². The maximum Gasteiger partial charge on any atom is 0.268 e. The van der Waals surface area contributed by atoms with E-state index in [-0.39, 0.29) is 5.56 Å². The average Bonchev–Trinajstić information content (AvgIpc) is 2.38. The first-order valence-corrected chi connectivity index (χ1v) is 6.05. The molecule has 0 N–H and O–H groups in total. The lowest BCUT2D eigenvalue weighted by Crippen LogP contribution is -2.28. The van der Waals surface area contributed by atoms with Crippen LogP contribution in [0.25, 0.3) is 10.4 Å². The molecule has 1 aromatic rings. The first-order valence-electron chi connectivity index (χ1n) is 6.05. The van der Waals surface area contributed by atoms with Crippen molar-refractivity contribution in [3.8, 4) is 0 Å². The molecule has 0 aromatic carbocycles. The van der Waals surface area contributed by atoms with Crippen molar-refractivity contribution in [1.82, 2.24) is 9.78 Å². The molecule has 1 rings (SSSR count). The maximum absolute atomic E-state index is 11.8. The Morgan fingerprint density at radius 3 is 2.78 bits per heavy atom. The monoisotopic (exact) mass is 250 g/mol. The van der Waals surface area contributed by atoms with E-state index >= 15 is 0 Å². The lowest BCUT2D eigenvalue weighted by atomic mass is 10.3. The molecule has 0 atom stereocenters. The Morgan fingerprint density at radius 2 is 2.22 bits per heavy atom. The van der Waals surface area contributed by atoms with E-state index in [0.29, 0.717) is 19.5 Å². The summed E-state index contributed by atoms with van der Waals surface area (Å²) >= 11 is 0. The Bertz CT molecular complexity index is 473. The molecule has 0 amide bonds. The van der Waals surface area contributed by atoms with Crippen LogP contribution in [0, 0.1) is 0 Å². The number of aryl methyl sites for hydroxylation is 1. The summed E-state index contributed by atoms with van der Waals surface area (Å²) in [6.07, 6.45) is 2.31. The van der Waals surface area contributed by atoms with Crippen molar-refractivity contribution in [3.05, 3.63) is 33.1 Å². The van der Waals surface area contributed by atoms with Gasteiger partial charge in [0.05, 0.1) is 11.9 Å². The van der Waals surface area contributed by atoms with Crippen molar-refractivity contribution in [2.45, 2.75) is 26.8 Å². The lowest BCUT2D eigenvalue weighted by Gasteiger charge is -2.20. The van der Waals surface area contributed by atoms with E-state index in [4.69, 9.17) is 5.53 Å². The van der Waals surface area contributed by atoms with Gasteiger partial charge in [0.1, 0.15) is 0 Å². The minimum Gasteiger partial charge on any atom is -0.371 e. The van der Waals surface area contributed by atoms with Crippen LogP contribution in [0.3, 0.4) is 0 Å². The minimum atomic E-state index is -0.125. The summed E-state index contributed by atoms with van der Waals surface area (Å²) in [5, 5.41) is 7.54. The Labute approximate surface area is 106 Å². The number of azide groups is 1. The highest BCUT2D eigenvalue weighted by molar-refractivity contribution is 5.42.